The highest BCUT2D eigenvalue weighted by Crippen LogP contribution is 2.68. The van der Waals surface area contributed by atoms with E-state index in [1.807, 2.05) is 0 Å². The van der Waals surface area contributed by atoms with Crippen molar-refractivity contribution in [2.45, 2.75) is 51.2 Å². The molecule has 6 atom stereocenters. The van der Waals surface area contributed by atoms with Gasteiger partial charge >= 0.3 is 0 Å². The van der Waals surface area contributed by atoms with Crippen molar-refractivity contribution in [1.29, 1.82) is 0 Å². The summed E-state index contributed by atoms with van der Waals surface area (Å²) >= 11 is 0. The van der Waals surface area contributed by atoms with E-state index in [1.54, 1.807) is 5.57 Å². The molecule has 0 aromatic carbocycles. The average molecular weight is 204 g/mol. The molecule has 3 aliphatic carbocycles. The highest BCUT2D eigenvalue weighted by atomic mass is 16.6. The lowest BCUT2D eigenvalue weighted by Gasteiger charge is -2.37. The van der Waals surface area contributed by atoms with E-state index in [4.69, 9.17) is 4.74 Å². The minimum atomic E-state index is 0.365. The number of hydrogen-bond acceptors (Lipinski definition) is 1. The largest absolute Gasteiger partial charge is 0.366 e. The second kappa shape index (κ2) is 2.51. The van der Waals surface area contributed by atoms with Crippen LogP contribution in [0.1, 0.15) is 39.5 Å². The van der Waals surface area contributed by atoms with E-state index < -0.39 is 0 Å². The number of ether oxygens (including phenoxy) is 1. The van der Waals surface area contributed by atoms with Gasteiger partial charge in [0.15, 0.2) is 0 Å². The smallest absolute Gasteiger partial charge is 0.0979 e. The summed E-state index contributed by atoms with van der Waals surface area (Å²) < 4.78 is 5.96. The standard InChI is InChI=1S/C14H20O/c1-8-3-4-11-10-6-13(12(11)5-8)14(7-10)9(2)15-14/h3,9-13H,4-7H2,1-2H3/t9-,10+,11-,12+,13-,14-/m1/s1. The molecular weight excluding hydrogens is 184 g/mol. The molecule has 4 aliphatic rings. The number of fused-ring (bicyclic) bond motifs is 6. The Labute approximate surface area is 91.9 Å². The molecule has 0 radical (unpaired) electrons. The van der Waals surface area contributed by atoms with Gasteiger partial charge < -0.3 is 4.74 Å². The normalized spacial score (nSPS) is 60.7. The van der Waals surface area contributed by atoms with E-state index in [1.165, 1.54) is 25.7 Å². The van der Waals surface area contributed by atoms with Gasteiger partial charge in [0.05, 0.1) is 11.7 Å². The highest BCUT2D eigenvalue weighted by molar-refractivity contribution is 5.22. The first-order valence-electron chi connectivity index (χ1n) is 6.54. The van der Waals surface area contributed by atoms with Crippen molar-refractivity contribution in [3.05, 3.63) is 11.6 Å². The summed E-state index contributed by atoms with van der Waals surface area (Å²) in [5.41, 5.74) is 2.00. The molecule has 15 heavy (non-hydrogen) atoms. The van der Waals surface area contributed by atoms with Crippen LogP contribution < -0.4 is 0 Å². The Kier molecular flexibility index (Phi) is 1.47. The molecule has 0 aromatic heterocycles. The van der Waals surface area contributed by atoms with Crippen molar-refractivity contribution < 1.29 is 4.74 Å². The first kappa shape index (κ1) is 8.81. The number of allylic oxidation sites excluding steroid dienone is 2. The van der Waals surface area contributed by atoms with E-state index >= 15 is 0 Å². The molecule has 1 heterocycles. The van der Waals surface area contributed by atoms with Crippen LogP contribution in [0.15, 0.2) is 11.6 Å². The monoisotopic (exact) mass is 204 g/mol. The Hall–Kier alpha value is -0.300. The molecule has 0 N–H and O–H groups in total. The van der Waals surface area contributed by atoms with Crippen molar-refractivity contribution in [1.82, 2.24) is 0 Å². The summed E-state index contributed by atoms with van der Waals surface area (Å²) in [5, 5.41) is 0. The van der Waals surface area contributed by atoms with E-state index in [2.05, 4.69) is 19.9 Å². The van der Waals surface area contributed by atoms with Crippen LogP contribution in [0.4, 0.5) is 0 Å². The third kappa shape index (κ3) is 0.939. The Balaban J connectivity index is 1.68. The van der Waals surface area contributed by atoms with Gasteiger partial charge in [-0.3, -0.25) is 0 Å². The fraction of sp³-hybridized carbons (Fsp3) is 0.857. The maximum atomic E-state index is 5.96. The van der Waals surface area contributed by atoms with Crippen LogP contribution in [-0.4, -0.2) is 11.7 Å². The summed E-state index contributed by atoms with van der Waals surface area (Å²) in [7, 11) is 0. The van der Waals surface area contributed by atoms with Gasteiger partial charge in [-0.2, -0.15) is 0 Å². The highest BCUT2D eigenvalue weighted by Gasteiger charge is 2.70. The van der Waals surface area contributed by atoms with Crippen LogP contribution in [0.2, 0.25) is 0 Å². The van der Waals surface area contributed by atoms with Crippen molar-refractivity contribution >= 4 is 0 Å². The number of epoxide rings is 1. The third-order valence-corrected chi connectivity index (χ3v) is 5.76. The van der Waals surface area contributed by atoms with Crippen molar-refractivity contribution in [2.75, 3.05) is 0 Å². The first-order valence-corrected chi connectivity index (χ1v) is 6.54. The summed E-state index contributed by atoms with van der Waals surface area (Å²) in [6.45, 7) is 4.59. The van der Waals surface area contributed by atoms with Gasteiger partial charge in [0, 0.05) is 0 Å². The zero-order valence-corrected chi connectivity index (χ0v) is 9.70. The third-order valence-electron chi connectivity index (χ3n) is 5.76. The lowest BCUT2D eigenvalue weighted by molar-refractivity contribution is 0.114. The second-order valence-electron chi connectivity index (χ2n) is 6.34. The molecular formula is C14H20O. The van der Waals surface area contributed by atoms with Crippen LogP contribution in [-0.2, 0) is 4.74 Å². The molecule has 82 valence electrons. The summed E-state index contributed by atoms with van der Waals surface area (Å²) in [6, 6.07) is 0. The fourth-order valence-electron chi connectivity index (χ4n) is 5.03. The van der Waals surface area contributed by atoms with Crippen molar-refractivity contribution in [2.24, 2.45) is 23.7 Å². The molecule has 1 nitrogen and oxygen atoms in total. The molecule has 2 bridgehead atoms. The molecule has 0 unspecified atom stereocenters. The van der Waals surface area contributed by atoms with E-state index in [-0.39, 0.29) is 0 Å². The van der Waals surface area contributed by atoms with Crippen LogP contribution in [0.25, 0.3) is 0 Å². The van der Waals surface area contributed by atoms with Crippen molar-refractivity contribution in [3.63, 3.8) is 0 Å². The molecule has 1 spiro atoms. The molecule has 0 aromatic rings. The molecule has 2 saturated carbocycles. The average Bonchev–Trinajstić information content (AvgIpc) is 2.61. The Morgan fingerprint density at radius 3 is 2.93 bits per heavy atom. The van der Waals surface area contributed by atoms with Gasteiger partial charge in [-0.1, -0.05) is 11.6 Å². The lowest BCUT2D eigenvalue weighted by atomic mass is 9.67. The van der Waals surface area contributed by atoms with Gasteiger partial charge in [-0.25, -0.2) is 0 Å². The summed E-state index contributed by atoms with van der Waals surface area (Å²) in [4.78, 5) is 0. The predicted molar refractivity (Wildman–Crippen MR) is 59.5 cm³/mol. The minimum Gasteiger partial charge on any atom is -0.366 e. The van der Waals surface area contributed by atoms with E-state index in [9.17, 15) is 0 Å². The maximum Gasteiger partial charge on any atom is 0.0979 e. The topological polar surface area (TPSA) is 12.5 Å². The zero-order valence-electron chi connectivity index (χ0n) is 9.70. The van der Waals surface area contributed by atoms with Gasteiger partial charge in [0.1, 0.15) is 0 Å². The van der Waals surface area contributed by atoms with E-state index in [0.717, 1.165) is 23.7 Å². The quantitative estimate of drug-likeness (QED) is 0.436. The SMILES string of the molecule is CC1=CC[C@@H]2[C@H]3C[C@H]([C@H]2C1)[C@]1(C3)O[C@@H]1C. The van der Waals surface area contributed by atoms with Gasteiger partial charge in [-0.15, -0.1) is 0 Å². The van der Waals surface area contributed by atoms with Crippen molar-refractivity contribution in [3.8, 4) is 0 Å². The zero-order chi connectivity index (χ0) is 10.2. The Bertz CT molecular complexity index is 345. The van der Waals surface area contributed by atoms with Crippen LogP contribution >= 0.6 is 0 Å². The van der Waals surface area contributed by atoms with Gasteiger partial charge in [0.25, 0.3) is 0 Å². The summed E-state index contributed by atoms with van der Waals surface area (Å²) in [5.74, 6) is 3.89. The second-order valence-corrected chi connectivity index (χ2v) is 6.34. The van der Waals surface area contributed by atoms with Crippen LogP contribution in [0, 0.1) is 23.7 Å². The molecule has 1 aliphatic heterocycles. The van der Waals surface area contributed by atoms with Crippen LogP contribution in [0.3, 0.4) is 0 Å². The number of rotatable bonds is 0. The molecule has 3 fully saturated rings. The Morgan fingerprint density at radius 2 is 2.20 bits per heavy atom. The predicted octanol–water partition coefficient (Wildman–Crippen LogP) is 3.16. The van der Waals surface area contributed by atoms with Gasteiger partial charge in [-0.05, 0) is 63.2 Å². The maximum absolute atomic E-state index is 5.96. The fourth-order valence-corrected chi connectivity index (χ4v) is 5.03. The van der Waals surface area contributed by atoms with Crippen LogP contribution in [0.5, 0.6) is 0 Å². The molecule has 0 amide bonds. The minimum absolute atomic E-state index is 0.365. The molecule has 1 heteroatoms. The number of hydrogen-bond donors (Lipinski definition) is 0. The first-order chi connectivity index (χ1) is 7.21. The van der Waals surface area contributed by atoms with Gasteiger partial charge in [0.2, 0.25) is 0 Å². The molecule has 1 saturated heterocycles. The van der Waals surface area contributed by atoms with E-state index in [0.29, 0.717) is 11.7 Å². The Morgan fingerprint density at radius 1 is 1.40 bits per heavy atom. The lowest BCUT2D eigenvalue weighted by Crippen LogP contribution is -2.36. The summed E-state index contributed by atoms with van der Waals surface area (Å²) in [6.07, 6.45) is 8.64. The molecule has 4 rings (SSSR count).